The minimum Gasteiger partial charge on any atom is -0.395 e. The molecule has 0 fully saturated rings. The summed E-state index contributed by atoms with van der Waals surface area (Å²) in [5.74, 6) is 0.473. The van der Waals surface area contributed by atoms with E-state index in [1.54, 1.807) is 11.8 Å². The molecule has 3 N–H and O–H groups in total. The minimum atomic E-state index is -0.531. The Morgan fingerprint density at radius 2 is 2.00 bits per heavy atom. The number of anilines is 1. The zero-order chi connectivity index (χ0) is 11.4. The summed E-state index contributed by atoms with van der Waals surface area (Å²) in [7, 11) is 0. The lowest BCUT2D eigenvalue weighted by Crippen LogP contribution is -2.34. The van der Waals surface area contributed by atoms with Gasteiger partial charge in [0.05, 0.1) is 12.2 Å². The smallest absolute Gasteiger partial charge is 0.327 e. The highest BCUT2D eigenvalue weighted by molar-refractivity contribution is 5.44. The molecule has 0 aliphatic carbocycles. The molecule has 0 saturated carbocycles. The molecule has 0 bridgehead atoms. The van der Waals surface area contributed by atoms with Crippen molar-refractivity contribution < 1.29 is 5.11 Å². The Kier molecular flexibility index (Phi) is 3.68. The van der Waals surface area contributed by atoms with Crippen LogP contribution in [0.25, 0.3) is 0 Å². The third-order valence-corrected chi connectivity index (χ3v) is 2.22. The van der Waals surface area contributed by atoms with E-state index in [4.69, 9.17) is 5.11 Å². The highest BCUT2D eigenvalue weighted by Gasteiger charge is 2.10. The molecule has 0 spiro atoms. The molecule has 15 heavy (non-hydrogen) atoms. The topological polar surface area (TPSA) is 89.2 Å². The SMILES string of the molecule is CCN(CCO)c1[nH]c(=O)[nH]c(=O)c1C. The Balaban J connectivity index is 3.22. The fourth-order valence-electron chi connectivity index (χ4n) is 1.40. The van der Waals surface area contributed by atoms with E-state index in [1.165, 1.54) is 0 Å². The number of nitrogens with zero attached hydrogens (tertiary/aromatic N) is 1. The Morgan fingerprint density at radius 1 is 1.33 bits per heavy atom. The van der Waals surface area contributed by atoms with E-state index >= 15 is 0 Å². The molecule has 0 saturated heterocycles. The van der Waals surface area contributed by atoms with Crippen LogP contribution in [-0.4, -0.2) is 34.8 Å². The van der Waals surface area contributed by atoms with Crippen molar-refractivity contribution in [2.75, 3.05) is 24.6 Å². The van der Waals surface area contributed by atoms with Gasteiger partial charge in [0.1, 0.15) is 5.82 Å². The first kappa shape index (κ1) is 11.5. The fourth-order valence-corrected chi connectivity index (χ4v) is 1.40. The third-order valence-electron chi connectivity index (χ3n) is 2.22. The lowest BCUT2D eigenvalue weighted by molar-refractivity contribution is 0.302. The van der Waals surface area contributed by atoms with E-state index in [-0.39, 0.29) is 6.61 Å². The number of hydrogen-bond donors (Lipinski definition) is 3. The molecule has 1 heterocycles. The Hall–Kier alpha value is -1.56. The van der Waals surface area contributed by atoms with Crippen LogP contribution in [0, 0.1) is 6.92 Å². The summed E-state index contributed by atoms with van der Waals surface area (Å²) in [5, 5.41) is 8.84. The van der Waals surface area contributed by atoms with Gasteiger partial charge in [-0.15, -0.1) is 0 Å². The van der Waals surface area contributed by atoms with Crippen molar-refractivity contribution in [2.24, 2.45) is 0 Å². The molecule has 0 amide bonds. The van der Waals surface area contributed by atoms with E-state index in [1.807, 2.05) is 6.92 Å². The second-order valence-corrected chi connectivity index (χ2v) is 3.19. The molecule has 0 radical (unpaired) electrons. The number of aliphatic hydroxyl groups excluding tert-OH is 1. The van der Waals surface area contributed by atoms with Crippen molar-refractivity contribution in [1.82, 2.24) is 9.97 Å². The second kappa shape index (κ2) is 4.79. The van der Waals surface area contributed by atoms with Gasteiger partial charge in [0.15, 0.2) is 0 Å². The molecular weight excluding hydrogens is 198 g/mol. The van der Waals surface area contributed by atoms with Gasteiger partial charge in [0.2, 0.25) is 0 Å². The van der Waals surface area contributed by atoms with Gasteiger partial charge in [-0.3, -0.25) is 14.8 Å². The van der Waals surface area contributed by atoms with Crippen molar-refractivity contribution >= 4 is 5.82 Å². The molecule has 0 unspecified atom stereocenters. The number of aromatic nitrogens is 2. The second-order valence-electron chi connectivity index (χ2n) is 3.19. The fraction of sp³-hybridized carbons (Fsp3) is 0.556. The molecular formula is C9H15N3O3. The number of H-pyrrole nitrogens is 2. The van der Waals surface area contributed by atoms with Crippen LogP contribution in [0.5, 0.6) is 0 Å². The van der Waals surface area contributed by atoms with E-state index in [2.05, 4.69) is 9.97 Å². The lowest BCUT2D eigenvalue weighted by atomic mass is 10.3. The monoisotopic (exact) mass is 213 g/mol. The third kappa shape index (κ3) is 2.47. The van der Waals surface area contributed by atoms with Crippen LogP contribution >= 0.6 is 0 Å². The maximum absolute atomic E-state index is 11.3. The predicted octanol–water partition coefficient (Wildman–Crippen LogP) is -0.810. The van der Waals surface area contributed by atoms with E-state index in [0.717, 1.165) is 0 Å². The molecule has 6 nitrogen and oxygen atoms in total. The number of aliphatic hydroxyl groups is 1. The van der Waals surface area contributed by atoms with Gasteiger partial charge in [-0.1, -0.05) is 0 Å². The summed E-state index contributed by atoms with van der Waals surface area (Å²) in [6.07, 6.45) is 0. The first-order valence-electron chi connectivity index (χ1n) is 4.79. The van der Waals surface area contributed by atoms with Gasteiger partial charge in [-0.25, -0.2) is 4.79 Å². The largest absolute Gasteiger partial charge is 0.395 e. The molecule has 0 aliphatic heterocycles. The summed E-state index contributed by atoms with van der Waals surface area (Å²) < 4.78 is 0. The number of rotatable bonds is 4. The maximum atomic E-state index is 11.3. The van der Waals surface area contributed by atoms with Crippen LogP contribution < -0.4 is 16.1 Å². The first-order chi connectivity index (χ1) is 7.10. The van der Waals surface area contributed by atoms with Crippen LogP contribution in [0.15, 0.2) is 9.59 Å². The summed E-state index contributed by atoms with van der Waals surface area (Å²) in [6, 6.07) is 0. The van der Waals surface area contributed by atoms with E-state index < -0.39 is 11.2 Å². The highest BCUT2D eigenvalue weighted by atomic mass is 16.3. The normalized spacial score (nSPS) is 10.3. The summed E-state index contributed by atoms with van der Waals surface area (Å²) in [4.78, 5) is 28.9. The van der Waals surface area contributed by atoms with Gasteiger partial charge in [-0.05, 0) is 13.8 Å². The van der Waals surface area contributed by atoms with Gasteiger partial charge in [-0.2, -0.15) is 0 Å². The van der Waals surface area contributed by atoms with Crippen molar-refractivity contribution in [3.8, 4) is 0 Å². The molecule has 0 aliphatic rings. The van der Waals surface area contributed by atoms with Crippen LogP contribution in [0.2, 0.25) is 0 Å². The minimum absolute atomic E-state index is 0.0257. The average molecular weight is 213 g/mol. The van der Waals surface area contributed by atoms with Crippen LogP contribution in [-0.2, 0) is 0 Å². The average Bonchev–Trinajstić information content (AvgIpc) is 2.20. The number of likely N-dealkylation sites (N-methyl/N-ethyl adjacent to an activating group) is 1. The van der Waals surface area contributed by atoms with E-state index in [0.29, 0.717) is 24.5 Å². The zero-order valence-electron chi connectivity index (χ0n) is 8.83. The molecule has 1 rings (SSSR count). The Labute approximate surface area is 86.6 Å². The Morgan fingerprint density at radius 3 is 2.53 bits per heavy atom. The molecule has 1 aromatic rings. The van der Waals surface area contributed by atoms with Crippen LogP contribution in [0.3, 0.4) is 0 Å². The van der Waals surface area contributed by atoms with Crippen LogP contribution in [0.1, 0.15) is 12.5 Å². The van der Waals surface area contributed by atoms with E-state index in [9.17, 15) is 9.59 Å². The number of aromatic amines is 2. The highest BCUT2D eigenvalue weighted by Crippen LogP contribution is 2.09. The first-order valence-corrected chi connectivity index (χ1v) is 4.79. The van der Waals surface area contributed by atoms with Gasteiger partial charge in [0.25, 0.3) is 5.56 Å². The molecule has 0 aromatic carbocycles. The summed E-state index contributed by atoms with van der Waals surface area (Å²) >= 11 is 0. The summed E-state index contributed by atoms with van der Waals surface area (Å²) in [5.41, 5.74) is -0.480. The molecule has 84 valence electrons. The standard InChI is InChI=1S/C9H15N3O3/c1-3-12(4-5-13)7-6(2)8(14)11-9(15)10-7/h13H,3-5H2,1-2H3,(H2,10,11,14,15). The van der Waals surface area contributed by atoms with Gasteiger partial charge < -0.3 is 10.0 Å². The molecule has 1 aromatic heterocycles. The van der Waals surface area contributed by atoms with Crippen molar-refractivity contribution in [1.29, 1.82) is 0 Å². The zero-order valence-corrected chi connectivity index (χ0v) is 8.83. The van der Waals surface area contributed by atoms with Crippen LogP contribution in [0.4, 0.5) is 5.82 Å². The quantitative estimate of drug-likeness (QED) is 0.610. The molecule has 6 heteroatoms. The lowest BCUT2D eigenvalue weighted by Gasteiger charge is -2.22. The maximum Gasteiger partial charge on any atom is 0.327 e. The van der Waals surface area contributed by atoms with Crippen molar-refractivity contribution in [3.05, 3.63) is 26.4 Å². The summed E-state index contributed by atoms with van der Waals surface area (Å²) in [6.45, 7) is 4.48. The predicted molar refractivity (Wildman–Crippen MR) is 57.4 cm³/mol. The van der Waals surface area contributed by atoms with Crippen molar-refractivity contribution in [3.63, 3.8) is 0 Å². The molecule has 0 atom stereocenters. The number of hydrogen-bond acceptors (Lipinski definition) is 4. The van der Waals surface area contributed by atoms with Gasteiger partial charge in [0, 0.05) is 13.1 Å². The van der Waals surface area contributed by atoms with Crippen molar-refractivity contribution in [2.45, 2.75) is 13.8 Å². The van der Waals surface area contributed by atoms with Gasteiger partial charge >= 0.3 is 5.69 Å². The number of nitrogens with one attached hydrogen (secondary N) is 2. The Bertz CT molecular complexity index is 435.